The standard InChI is InChI=1S/C20H32BrF2NO2Si/c1-19(2,3)12-20(4,5)24-18(25)15-16(23)13(21)11-14(22)17(15)26-9-10-27(6,7)8/h11H,9-10,12H2,1-8H3,(H,24,25). The molecule has 0 heterocycles. The number of halogens is 3. The molecule has 1 aromatic carbocycles. The molecule has 154 valence electrons. The van der Waals surface area contributed by atoms with Crippen LogP contribution in [0.2, 0.25) is 25.7 Å². The quantitative estimate of drug-likeness (QED) is 0.375. The molecule has 0 aliphatic heterocycles. The summed E-state index contributed by atoms with van der Waals surface area (Å²) in [5.74, 6) is -2.57. The predicted octanol–water partition coefficient (Wildman–Crippen LogP) is 6.39. The van der Waals surface area contributed by atoms with Crippen molar-refractivity contribution >= 4 is 29.9 Å². The molecule has 3 nitrogen and oxygen atoms in total. The van der Waals surface area contributed by atoms with E-state index in [-0.39, 0.29) is 27.8 Å². The molecule has 1 amide bonds. The van der Waals surface area contributed by atoms with E-state index in [4.69, 9.17) is 4.74 Å². The molecule has 0 atom stereocenters. The normalized spacial score (nSPS) is 12.9. The highest BCUT2D eigenvalue weighted by molar-refractivity contribution is 9.10. The van der Waals surface area contributed by atoms with Gasteiger partial charge in [0.1, 0.15) is 5.56 Å². The third-order valence-electron chi connectivity index (χ3n) is 3.88. The Hall–Kier alpha value is -0.953. The first kappa shape index (κ1) is 24.1. The van der Waals surface area contributed by atoms with E-state index in [1.807, 2.05) is 13.8 Å². The smallest absolute Gasteiger partial charge is 0.258 e. The molecule has 0 fully saturated rings. The van der Waals surface area contributed by atoms with E-state index in [1.165, 1.54) is 0 Å². The summed E-state index contributed by atoms with van der Waals surface area (Å²) in [5, 5.41) is 2.83. The van der Waals surface area contributed by atoms with Gasteiger partial charge >= 0.3 is 0 Å². The van der Waals surface area contributed by atoms with Gasteiger partial charge in [-0.15, -0.1) is 0 Å². The van der Waals surface area contributed by atoms with Gasteiger partial charge in [0.2, 0.25) is 0 Å². The van der Waals surface area contributed by atoms with Crippen molar-refractivity contribution in [3.63, 3.8) is 0 Å². The number of rotatable bonds is 7. The summed E-state index contributed by atoms with van der Waals surface area (Å²) in [6, 6.07) is 1.77. The summed E-state index contributed by atoms with van der Waals surface area (Å²) in [6.07, 6.45) is 0.676. The monoisotopic (exact) mass is 463 g/mol. The van der Waals surface area contributed by atoms with Crippen molar-refractivity contribution in [1.82, 2.24) is 5.32 Å². The van der Waals surface area contributed by atoms with E-state index in [1.54, 1.807) is 0 Å². The second kappa shape index (κ2) is 8.60. The first-order valence-corrected chi connectivity index (χ1v) is 13.7. The molecule has 0 radical (unpaired) electrons. The molecular formula is C20H32BrF2NO2Si. The largest absolute Gasteiger partial charge is 0.490 e. The van der Waals surface area contributed by atoms with Gasteiger partial charge in [0.15, 0.2) is 17.4 Å². The van der Waals surface area contributed by atoms with Gasteiger partial charge in [0.05, 0.1) is 11.1 Å². The van der Waals surface area contributed by atoms with Crippen molar-refractivity contribution in [2.45, 2.75) is 72.3 Å². The van der Waals surface area contributed by atoms with Gasteiger partial charge in [0.25, 0.3) is 5.91 Å². The highest BCUT2D eigenvalue weighted by Crippen LogP contribution is 2.33. The van der Waals surface area contributed by atoms with Crippen molar-refractivity contribution in [3.8, 4) is 5.75 Å². The number of hydrogen-bond acceptors (Lipinski definition) is 2. The number of carbonyl (C=O) groups excluding carboxylic acids is 1. The summed E-state index contributed by atoms with van der Waals surface area (Å²) in [5.41, 5.74) is -1.01. The Kier molecular flexibility index (Phi) is 7.67. The third-order valence-corrected chi connectivity index (χ3v) is 6.16. The molecule has 0 bridgehead atoms. The van der Waals surface area contributed by atoms with E-state index in [0.29, 0.717) is 6.42 Å². The molecule has 0 spiro atoms. The van der Waals surface area contributed by atoms with Gasteiger partial charge in [-0.2, -0.15) is 0 Å². The minimum Gasteiger partial charge on any atom is -0.490 e. The van der Waals surface area contributed by atoms with Crippen LogP contribution in [-0.4, -0.2) is 26.1 Å². The third kappa shape index (κ3) is 7.90. The fourth-order valence-corrected chi connectivity index (χ4v) is 4.24. The maximum atomic E-state index is 14.7. The van der Waals surface area contributed by atoms with Crippen LogP contribution >= 0.6 is 15.9 Å². The Bertz CT molecular complexity index is 695. The van der Waals surface area contributed by atoms with Crippen LogP contribution in [0.1, 0.15) is 51.4 Å². The minimum atomic E-state index is -1.41. The van der Waals surface area contributed by atoms with Crippen LogP contribution in [0, 0.1) is 17.0 Å². The number of carbonyl (C=O) groups is 1. The van der Waals surface area contributed by atoms with Crippen molar-refractivity contribution in [1.29, 1.82) is 0 Å². The zero-order valence-corrected chi connectivity index (χ0v) is 20.2. The summed E-state index contributed by atoms with van der Waals surface area (Å²) >= 11 is 2.98. The van der Waals surface area contributed by atoms with E-state index >= 15 is 0 Å². The van der Waals surface area contributed by atoms with Gasteiger partial charge in [-0.05, 0) is 53.7 Å². The maximum absolute atomic E-state index is 14.7. The average molecular weight is 464 g/mol. The van der Waals surface area contributed by atoms with Gasteiger partial charge < -0.3 is 10.1 Å². The molecule has 0 aliphatic carbocycles. The summed E-state index contributed by atoms with van der Waals surface area (Å²) in [7, 11) is -1.41. The first-order valence-electron chi connectivity index (χ1n) is 9.15. The predicted molar refractivity (Wildman–Crippen MR) is 113 cm³/mol. The molecule has 0 aromatic heterocycles. The van der Waals surface area contributed by atoms with E-state index in [2.05, 4.69) is 61.7 Å². The Morgan fingerprint density at radius 1 is 1.19 bits per heavy atom. The fourth-order valence-electron chi connectivity index (χ4n) is 3.12. The van der Waals surface area contributed by atoms with Gasteiger partial charge in [-0.25, -0.2) is 8.78 Å². The maximum Gasteiger partial charge on any atom is 0.258 e. The lowest BCUT2D eigenvalue weighted by Gasteiger charge is -2.33. The molecule has 27 heavy (non-hydrogen) atoms. The van der Waals surface area contributed by atoms with E-state index < -0.39 is 31.2 Å². The lowest BCUT2D eigenvalue weighted by Crippen LogP contribution is -2.46. The zero-order chi connectivity index (χ0) is 21.2. The topological polar surface area (TPSA) is 38.3 Å². The van der Waals surface area contributed by atoms with Crippen LogP contribution in [0.4, 0.5) is 8.78 Å². The van der Waals surface area contributed by atoms with Crippen LogP contribution < -0.4 is 10.1 Å². The Morgan fingerprint density at radius 2 is 1.74 bits per heavy atom. The summed E-state index contributed by atoms with van der Waals surface area (Å²) in [6.45, 7) is 16.7. The van der Waals surface area contributed by atoms with E-state index in [0.717, 1.165) is 12.1 Å². The average Bonchev–Trinajstić information content (AvgIpc) is 2.39. The van der Waals surface area contributed by atoms with Crippen LogP contribution in [0.15, 0.2) is 10.5 Å². The number of benzene rings is 1. The number of amides is 1. The Balaban J connectivity index is 3.18. The molecule has 1 N–H and O–H groups in total. The molecule has 0 saturated heterocycles. The van der Waals surface area contributed by atoms with Crippen molar-refractivity contribution in [2.75, 3.05) is 6.61 Å². The highest BCUT2D eigenvalue weighted by atomic mass is 79.9. The number of ether oxygens (including phenoxy) is 1. The van der Waals surface area contributed by atoms with Gasteiger partial charge in [-0.3, -0.25) is 4.79 Å². The number of nitrogens with one attached hydrogen (secondary N) is 1. The molecular weight excluding hydrogens is 432 g/mol. The van der Waals surface area contributed by atoms with Gasteiger partial charge in [0, 0.05) is 13.6 Å². The second-order valence-electron chi connectivity index (χ2n) is 10.1. The highest BCUT2D eigenvalue weighted by Gasteiger charge is 2.31. The zero-order valence-electron chi connectivity index (χ0n) is 17.6. The van der Waals surface area contributed by atoms with Crippen LogP contribution in [0.25, 0.3) is 0 Å². The van der Waals surface area contributed by atoms with Crippen molar-refractivity contribution < 1.29 is 18.3 Å². The lowest BCUT2D eigenvalue weighted by molar-refractivity contribution is 0.0881. The lowest BCUT2D eigenvalue weighted by atomic mass is 9.81. The first-order chi connectivity index (χ1) is 12.0. The Morgan fingerprint density at radius 3 is 2.22 bits per heavy atom. The van der Waals surface area contributed by atoms with Crippen LogP contribution in [0.5, 0.6) is 5.75 Å². The number of hydrogen-bond donors (Lipinski definition) is 1. The molecule has 1 aromatic rings. The summed E-state index contributed by atoms with van der Waals surface area (Å²) < 4.78 is 34.7. The van der Waals surface area contributed by atoms with Crippen molar-refractivity contribution in [3.05, 3.63) is 27.7 Å². The molecule has 1 rings (SSSR count). The summed E-state index contributed by atoms with van der Waals surface area (Å²) in [4.78, 5) is 12.8. The molecule has 0 unspecified atom stereocenters. The Labute approximate surface area is 171 Å². The molecule has 7 heteroatoms. The fraction of sp³-hybridized carbons (Fsp3) is 0.650. The van der Waals surface area contributed by atoms with E-state index in [9.17, 15) is 13.6 Å². The van der Waals surface area contributed by atoms with Crippen molar-refractivity contribution in [2.24, 2.45) is 5.41 Å². The van der Waals surface area contributed by atoms with Gasteiger partial charge in [-0.1, -0.05) is 40.4 Å². The minimum absolute atomic E-state index is 0.0332. The SMILES string of the molecule is CC(C)(C)CC(C)(C)NC(=O)c1c(F)c(Br)cc(F)c1OCC[Si](C)(C)C. The second-order valence-corrected chi connectivity index (χ2v) is 16.6. The van der Waals surface area contributed by atoms with Crippen LogP contribution in [-0.2, 0) is 0 Å². The molecule has 0 aliphatic rings. The van der Waals surface area contributed by atoms with Crippen LogP contribution in [0.3, 0.4) is 0 Å². The molecule has 0 saturated carbocycles.